The fraction of sp³-hybridized carbons (Fsp3) is 0.782. The van der Waals surface area contributed by atoms with Crippen molar-refractivity contribution in [3.8, 4) is 0 Å². The summed E-state index contributed by atoms with van der Waals surface area (Å²) in [5, 5.41) is 0. The highest BCUT2D eigenvalue weighted by Crippen LogP contribution is 2.14. The molecule has 1 atom stereocenters. The van der Waals surface area contributed by atoms with Gasteiger partial charge in [-0.2, -0.15) is 0 Å². The predicted octanol–water partition coefficient (Wildman–Crippen LogP) is 17.3. The summed E-state index contributed by atoms with van der Waals surface area (Å²) in [7, 11) is 0. The molecule has 0 aliphatic rings. The Bertz CT molecular complexity index is 1040. The maximum Gasteiger partial charge on any atom is 0.306 e. The van der Waals surface area contributed by atoms with Crippen LogP contribution in [0.3, 0.4) is 0 Å². The zero-order chi connectivity index (χ0) is 43.5. The van der Waals surface area contributed by atoms with Gasteiger partial charge in [0.05, 0.1) is 6.61 Å². The Hall–Kier alpha value is -2.40. The maximum atomic E-state index is 12.6. The highest BCUT2D eigenvalue weighted by Gasteiger charge is 2.17. The minimum absolute atomic E-state index is 0.0770. The third-order valence-corrected chi connectivity index (χ3v) is 11.0. The molecule has 0 aromatic rings. The number of unbranched alkanes of at least 4 members (excludes halogenated alkanes) is 26. The molecule has 60 heavy (non-hydrogen) atoms. The molecule has 0 aliphatic heterocycles. The number of hydrogen-bond acceptors (Lipinski definition) is 5. The zero-order valence-electron chi connectivity index (χ0n) is 40.0. The van der Waals surface area contributed by atoms with Gasteiger partial charge in [-0.05, 0) is 83.5 Å². The molecule has 0 heterocycles. The summed E-state index contributed by atoms with van der Waals surface area (Å²) in [6.45, 7) is 7.64. The van der Waals surface area contributed by atoms with E-state index >= 15 is 0 Å². The van der Waals surface area contributed by atoms with E-state index in [9.17, 15) is 9.59 Å². The van der Waals surface area contributed by atoms with Crippen molar-refractivity contribution >= 4 is 11.9 Å². The molecular weight excluding hydrogens is 741 g/mol. The molecule has 0 amide bonds. The molecule has 0 fully saturated rings. The Kier molecular flexibility index (Phi) is 48.9. The predicted molar refractivity (Wildman–Crippen MR) is 261 cm³/mol. The Morgan fingerprint density at radius 2 is 0.750 bits per heavy atom. The van der Waals surface area contributed by atoms with Crippen LogP contribution in [0.15, 0.2) is 60.8 Å². The van der Waals surface area contributed by atoms with Gasteiger partial charge in [0.1, 0.15) is 6.61 Å². The van der Waals surface area contributed by atoms with E-state index in [1.807, 2.05) is 0 Å². The first-order valence-corrected chi connectivity index (χ1v) is 25.8. The smallest absolute Gasteiger partial charge is 0.306 e. The van der Waals surface area contributed by atoms with E-state index < -0.39 is 6.10 Å². The molecule has 0 N–H and O–H groups in total. The normalized spacial score (nSPS) is 12.7. The number of esters is 2. The minimum Gasteiger partial charge on any atom is -0.462 e. The monoisotopic (exact) mass is 839 g/mol. The fourth-order valence-electron chi connectivity index (χ4n) is 7.20. The van der Waals surface area contributed by atoms with Gasteiger partial charge in [0, 0.05) is 19.4 Å². The van der Waals surface area contributed by atoms with Crippen molar-refractivity contribution in [3.63, 3.8) is 0 Å². The molecule has 0 saturated heterocycles. The molecule has 0 aromatic carbocycles. The average molecular weight is 839 g/mol. The molecule has 0 bridgehead atoms. The number of carbonyl (C=O) groups is 2. The average Bonchev–Trinajstić information content (AvgIpc) is 3.25. The lowest BCUT2D eigenvalue weighted by Crippen LogP contribution is -2.30. The Morgan fingerprint density at radius 1 is 0.383 bits per heavy atom. The summed E-state index contributed by atoms with van der Waals surface area (Å²) in [6.07, 6.45) is 64.1. The van der Waals surface area contributed by atoms with E-state index in [-0.39, 0.29) is 25.2 Å². The summed E-state index contributed by atoms with van der Waals surface area (Å²) >= 11 is 0. The van der Waals surface area contributed by atoms with Crippen LogP contribution < -0.4 is 0 Å². The van der Waals surface area contributed by atoms with Crippen molar-refractivity contribution in [2.24, 2.45) is 0 Å². The molecule has 0 rings (SSSR count). The van der Waals surface area contributed by atoms with Crippen LogP contribution in [0.1, 0.15) is 252 Å². The van der Waals surface area contributed by atoms with Gasteiger partial charge >= 0.3 is 11.9 Å². The third kappa shape index (κ3) is 48.3. The van der Waals surface area contributed by atoms with E-state index in [2.05, 4.69) is 81.5 Å². The zero-order valence-corrected chi connectivity index (χ0v) is 40.0. The molecule has 1 unspecified atom stereocenters. The first kappa shape index (κ1) is 57.6. The van der Waals surface area contributed by atoms with E-state index in [0.717, 1.165) is 83.5 Å². The molecule has 0 aliphatic carbocycles. The molecule has 348 valence electrons. The molecule has 5 heteroatoms. The Labute approximate surface area is 373 Å². The van der Waals surface area contributed by atoms with E-state index in [0.29, 0.717) is 19.4 Å². The minimum atomic E-state index is -0.539. The van der Waals surface area contributed by atoms with Crippen LogP contribution in [0.25, 0.3) is 0 Å². The van der Waals surface area contributed by atoms with Crippen LogP contribution in [0.2, 0.25) is 0 Å². The number of rotatable bonds is 47. The van der Waals surface area contributed by atoms with Gasteiger partial charge in [-0.1, -0.05) is 216 Å². The van der Waals surface area contributed by atoms with Crippen LogP contribution in [-0.4, -0.2) is 37.9 Å². The van der Waals surface area contributed by atoms with Crippen LogP contribution in [0.4, 0.5) is 0 Å². The Morgan fingerprint density at radius 3 is 1.22 bits per heavy atom. The lowest BCUT2D eigenvalue weighted by atomic mass is 10.1. The first-order chi connectivity index (χ1) is 29.6. The van der Waals surface area contributed by atoms with Gasteiger partial charge < -0.3 is 14.2 Å². The highest BCUT2D eigenvalue weighted by molar-refractivity contribution is 5.70. The number of hydrogen-bond donors (Lipinski definition) is 0. The van der Waals surface area contributed by atoms with Crippen molar-refractivity contribution in [1.82, 2.24) is 0 Å². The van der Waals surface area contributed by atoms with E-state index in [1.165, 1.54) is 135 Å². The van der Waals surface area contributed by atoms with Gasteiger partial charge in [0.2, 0.25) is 0 Å². The molecule has 0 radical (unpaired) electrons. The lowest BCUT2D eigenvalue weighted by molar-refractivity contribution is -0.163. The SMILES string of the molecule is CC/C=C\C/C=C\C/C=C\C/C=C\CCCCCCCCC(=O)OCC(COCCCCCCCCCCCC/C=C\CCCCCCCC)OC(=O)CCCCCCC. The molecule has 0 aromatic heterocycles. The van der Waals surface area contributed by atoms with E-state index in [1.54, 1.807) is 0 Å². The van der Waals surface area contributed by atoms with Crippen LogP contribution in [0, 0.1) is 0 Å². The summed E-state index contributed by atoms with van der Waals surface area (Å²) < 4.78 is 17.3. The molecule has 0 saturated carbocycles. The highest BCUT2D eigenvalue weighted by atomic mass is 16.6. The Balaban J connectivity index is 4.02. The number of ether oxygens (including phenoxy) is 3. The summed E-state index contributed by atoms with van der Waals surface area (Å²) in [5.74, 6) is -0.421. The molecule has 5 nitrogen and oxygen atoms in total. The second-order valence-electron chi connectivity index (χ2n) is 17.0. The van der Waals surface area contributed by atoms with Crippen LogP contribution >= 0.6 is 0 Å². The lowest BCUT2D eigenvalue weighted by Gasteiger charge is -2.18. The van der Waals surface area contributed by atoms with Gasteiger partial charge in [-0.25, -0.2) is 0 Å². The van der Waals surface area contributed by atoms with Crippen LogP contribution in [0.5, 0.6) is 0 Å². The van der Waals surface area contributed by atoms with Crippen LogP contribution in [-0.2, 0) is 23.8 Å². The van der Waals surface area contributed by atoms with E-state index in [4.69, 9.17) is 14.2 Å². The second-order valence-corrected chi connectivity index (χ2v) is 17.0. The largest absolute Gasteiger partial charge is 0.462 e. The second kappa shape index (κ2) is 51.0. The number of carbonyl (C=O) groups excluding carboxylic acids is 2. The topological polar surface area (TPSA) is 61.8 Å². The number of allylic oxidation sites excluding steroid dienone is 10. The van der Waals surface area contributed by atoms with Crippen molar-refractivity contribution in [2.45, 2.75) is 258 Å². The van der Waals surface area contributed by atoms with Gasteiger partial charge in [0.15, 0.2) is 6.10 Å². The quantitative estimate of drug-likeness (QED) is 0.0347. The van der Waals surface area contributed by atoms with Crippen molar-refractivity contribution in [3.05, 3.63) is 60.8 Å². The van der Waals surface area contributed by atoms with Gasteiger partial charge in [0.25, 0.3) is 0 Å². The summed E-state index contributed by atoms with van der Waals surface area (Å²) in [5.41, 5.74) is 0. The maximum absolute atomic E-state index is 12.6. The first-order valence-electron chi connectivity index (χ1n) is 25.8. The van der Waals surface area contributed by atoms with Gasteiger partial charge in [-0.3, -0.25) is 9.59 Å². The molecule has 0 spiro atoms. The summed E-state index contributed by atoms with van der Waals surface area (Å²) in [6, 6.07) is 0. The van der Waals surface area contributed by atoms with Crippen molar-refractivity contribution in [2.75, 3.05) is 19.8 Å². The molecular formula is C55H98O5. The third-order valence-electron chi connectivity index (χ3n) is 11.0. The van der Waals surface area contributed by atoms with Crippen molar-refractivity contribution in [1.29, 1.82) is 0 Å². The summed E-state index contributed by atoms with van der Waals surface area (Å²) in [4.78, 5) is 25.1. The van der Waals surface area contributed by atoms with Crippen molar-refractivity contribution < 1.29 is 23.8 Å². The fourth-order valence-corrected chi connectivity index (χ4v) is 7.20. The standard InChI is InChI=1S/C55H98O5/c1-4-7-10-13-15-17-19-21-23-25-27-29-31-33-35-37-39-41-44-47-50-58-51-53(60-55(57)49-46-42-12-9-6-3)52-59-54(56)48-45-43-40-38-36-34-32-30-28-26-24-22-20-18-16-14-11-8-5-2/h8,11,16,18,21-24,28,30,53H,4-7,9-10,12-15,17,19-20,25-27,29,31-52H2,1-3H3/b11-8-,18-16-,23-21-,24-22-,30-28-. The van der Waals surface area contributed by atoms with Gasteiger partial charge in [-0.15, -0.1) is 0 Å².